The molecule has 0 bridgehead atoms. The van der Waals surface area contributed by atoms with E-state index in [1.54, 1.807) is 0 Å². The van der Waals surface area contributed by atoms with Crippen molar-refractivity contribution in [2.45, 2.75) is 156 Å². The summed E-state index contributed by atoms with van der Waals surface area (Å²) in [5, 5.41) is 1.64. The third-order valence-corrected chi connectivity index (χ3v) is 70.7. The molecule has 5 heteroatoms. The maximum atomic E-state index is 2.93. The van der Waals surface area contributed by atoms with E-state index in [4.69, 9.17) is 0 Å². The van der Waals surface area contributed by atoms with E-state index in [9.17, 15) is 0 Å². The summed E-state index contributed by atoms with van der Waals surface area (Å²) in [4.78, 5) is 4.41. The van der Waals surface area contributed by atoms with Crippen molar-refractivity contribution in [3.05, 3.63) is 9.64 Å². The molecule has 0 aromatic heterocycles. The van der Waals surface area contributed by atoms with Gasteiger partial charge in [-0.2, -0.15) is 0 Å². The van der Waals surface area contributed by atoms with E-state index in [0.29, 0.717) is 20.2 Å². The second-order valence-corrected chi connectivity index (χ2v) is 53.2. The van der Waals surface area contributed by atoms with Gasteiger partial charge in [-0.1, -0.05) is 145 Å². The number of hydrogen-bond donors (Lipinski definition) is 0. The maximum Gasteiger partial charge on any atom is 0.0861 e. The summed E-state index contributed by atoms with van der Waals surface area (Å²) in [7, 11) is -8.19. The van der Waals surface area contributed by atoms with E-state index >= 15 is 0 Å². The van der Waals surface area contributed by atoms with E-state index in [1.807, 2.05) is 0 Å². The molecule has 0 saturated carbocycles. The molecule has 31 heavy (non-hydrogen) atoms. The highest BCUT2D eigenvalue weighted by atomic mass is 29.6. The van der Waals surface area contributed by atoms with Gasteiger partial charge in [-0.05, 0) is 20.2 Å². The van der Waals surface area contributed by atoms with Crippen LogP contribution in [0.5, 0.6) is 0 Å². The normalized spacial score (nSPS) is 19.7. The lowest BCUT2D eigenvalue weighted by atomic mass is 10.2. The fourth-order valence-electron chi connectivity index (χ4n) is 8.16. The molecule has 0 saturated heterocycles. The van der Waals surface area contributed by atoms with Gasteiger partial charge in [0.15, 0.2) is 0 Å². The van der Waals surface area contributed by atoms with Crippen LogP contribution in [0.1, 0.15) is 83.1 Å². The van der Waals surface area contributed by atoms with Crippen LogP contribution in [-0.2, 0) is 0 Å². The van der Waals surface area contributed by atoms with Gasteiger partial charge in [0, 0.05) is 0 Å². The van der Waals surface area contributed by atoms with Crippen LogP contribution in [0.25, 0.3) is 0 Å². The van der Waals surface area contributed by atoms with Gasteiger partial charge < -0.3 is 0 Å². The molecule has 0 spiro atoms. The number of rotatable bonds is 4. The van der Waals surface area contributed by atoms with E-state index in [-0.39, 0.29) is 0 Å². The average Bonchev–Trinajstić information content (AvgIpc) is 3.12. The van der Waals surface area contributed by atoms with E-state index < -0.39 is 38.4 Å². The summed E-state index contributed by atoms with van der Waals surface area (Å²) >= 11 is 0. The Kier molecular flexibility index (Phi) is 7.14. The molecule has 0 aromatic carbocycles. The molecule has 0 aromatic rings. The quantitative estimate of drug-likeness (QED) is 0.328. The minimum Gasteiger partial charge on any atom is -0.0990 e. The predicted octanol–water partition coefficient (Wildman–Crippen LogP) is 10.1. The fourth-order valence-corrected chi connectivity index (χ4v) is 109. The molecular weight excluding hydrogens is 453 g/mol. The molecule has 0 aliphatic carbocycles. The molecule has 0 atom stereocenters. The first-order valence-electron chi connectivity index (χ1n) is 12.8. The molecule has 1 heterocycles. The SMILES string of the molecule is CC(C)(C)[Si](C)(C(C)(C)C)[Si]1([Si](C)(C(C)(C)C)C(C)(C)C)C([Si](C)(C)C)=C1[Si](C)(C)C. The van der Waals surface area contributed by atoms with Crippen LogP contribution in [0, 0.1) is 0 Å². The summed E-state index contributed by atoms with van der Waals surface area (Å²) in [5.41, 5.74) is 0. The first-order chi connectivity index (χ1) is 13.0. The highest BCUT2D eigenvalue weighted by Crippen LogP contribution is 2.75. The average molecular weight is 513 g/mol. The third kappa shape index (κ3) is 3.92. The summed E-state index contributed by atoms with van der Waals surface area (Å²) in [6, 6.07) is 0. The minimum atomic E-state index is -1.80. The molecule has 0 unspecified atom stereocenters. The Bertz CT molecular complexity index is 640. The van der Waals surface area contributed by atoms with Gasteiger partial charge in [0.2, 0.25) is 0 Å². The van der Waals surface area contributed by atoms with Gasteiger partial charge in [0.25, 0.3) is 0 Å². The van der Waals surface area contributed by atoms with Crippen molar-refractivity contribution in [2.24, 2.45) is 0 Å². The van der Waals surface area contributed by atoms with Gasteiger partial charge in [-0.25, -0.2) is 0 Å². The second-order valence-electron chi connectivity index (χ2n) is 17.2. The van der Waals surface area contributed by atoms with E-state index in [0.717, 1.165) is 0 Å². The molecule has 1 rings (SSSR count). The van der Waals surface area contributed by atoms with Crippen LogP contribution in [0.3, 0.4) is 0 Å². The number of hydrogen-bond acceptors (Lipinski definition) is 0. The van der Waals surface area contributed by atoms with Crippen LogP contribution in [-0.4, -0.2) is 38.4 Å². The standard InChI is InChI=1S/C26H60Si5/c1-23(2,3)29(19,24(4,5)6)31(30(20,25(7,8)9)26(10,11)12)21(27(13,14)15)22(31)28(16,17)18/h1-20H3. The van der Waals surface area contributed by atoms with Gasteiger partial charge in [-0.3, -0.25) is 0 Å². The Morgan fingerprint density at radius 2 is 0.548 bits per heavy atom. The molecule has 0 amide bonds. The van der Waals surface area contributed by atoms with Crippen LogP contribution in [0.15, 0.2) is 9.64 Å². The first-order valence-corrected chi connectivity index (χ1v) is 28.8. The zero-order chi connectivity index (χ0) is 25.7. The maximum absolute atomic E-state index is 2.93. The molecule has 0 N–H and O–H groups in total. The van der Waals surface area contributed by atoms with Gasteiger partial charge in [0.05, 0.1) is 38.4 Å². The van der Waals surface area contributed by atoms with Crippen molar-refractivity contribution in [2.75, 3.05) is 0 Å². The molecule has 1 aliphatic heterocycles. The Hall–Kier alpha value is 0.824. The lowest BCUT2D eigenvalue weighted by Gasteiger charge is -2.67. The van der Waals surface area contributed by atoms with Gasteiger partial charge in [-0.15, -0.1) is 0 Å². The van der Waals surface area contributed by atoms with E-state index in [1.165, 1.54) is 0 Å². The van der Waals surface area contributed by atoms with Crippen LogP contribution >= 0.6 is 0 Å². The summed E-state index contributed by atoms with van der Waals surface area (Å²) in [5.74, 6) is 0. The molecule has 0 radical (unpaired) electrons. The monoisotopic (exact) mass is 512 g/mol. The molecule has 184 valence electrons. The van der Waals surface area contributed by atoms with Gasteiger partial charge >= 0.3 is 0 Å². The van der Waals surface area contributed by atoms with Crippen molar-refractivity contribution >= 4 is 38.4 Å². The zero-order valence-corrected chi connectivity index (χ0v) is 30.5. The summed E-state index contributed by atoms with van der Waals surface area (Å²) in [6.45, 7) is 53.9. The van der Waals surface area contributed by atoms with Crippen molar-refractivity contribution in [3.8, 4) is 0 Å². The van der Waals surface area contributed by atoms with Crippen molar-refractivity contribution in [3.63, 3.8) is 0 Å². The Morgan fingerprint density at radius 3 is 0.645 bits per heavy atom. The van der Waals surface area contributed by atoms with E-state index in [2.05, 4.69) is 145 Å². The topological polar surface area (TPSA) is 0 Å². The summed E-state index contributed by atoms with van der Waals surface area (Å²) in [6.07, 6.45) is 0. The Morgan fingerprint density at radius 1 is 0.387 bits per heavy atom. The smallest absolute Gasteiger partial charge is 0.0861 e. The van der Waals surface area contributed by atoms with Gasteiger partial charge in [0.1, 0.15) is 0 Å². The second kappa shape index (κ2) is 7.41. The van der Waals surface area contributed by atoms with Crippen molar-refractivity contribution in [1.82, 2.24) is 0 Å². The van der Waals surface area contributed by atoms with Crippen LogP contribution in [0.4, 0.5) is 0 Å². The first kappa shape index (κ1) is 29.9. The highest BCUT2D eigenvalue weighted by Gasteiger charge is 2.84. The molecular formula is C26H60Si5. The lowest BCUT2D eigenvalue weighted by Crippen LogP contribution is -2.82. The Balaban J connectivity index is 4.51. The largest absolute Gasteiger partial charge is 0.0990 e. The summed E-state index contributed by atoms with van der Waals surface area (Å²) < 4.78 is 0. The van der Waals surface area contributed by atoms with Crippen LogP contribution in [0.2, 0.25) is 72.5 Å². The van der Waals surface area contributed by atoms with Crippen LogP contribution < -0.4 is 0 Å². The Labute approximate surface area is 203 Å². The molecule has 0 fully saturated rings. The lowest BCUT2D eigenvalue weighted by molar-refractivity contribution is 0.625. The molecule has 1 aliphatic rings. The fraction of sp³-hybridized carbons (Fsp3) is 0.923. The third-order valence-electron chi connectivity index (χ3n) is 9.94. The highest BCUT2D eigenvalue weighted by molar-refractivity contribution is 7.83. The van der Waals surface area contributed by atoms with Crippen molar-refractivity contribution in [1.29, 1.82) is 0 Å². The minimum absolute atomic E-state index is 0.411. The van der Waals surface area contributed by atoms with Crippen molar-refractivity contribution < 1.29 is 0 Å². The zero-order valence-electron chi connectivity index (χ0n) is 25.5. The predicted molar refractivity (Wildman–Crippen MR) is 162 cm³/mol. The molecule has 0 nitrogen and oxygen atoms in total.